The van der Waals surface area contributed by atoms with Crippen molar-refractivity contribution < 1.29 is 19.0 Å². The first-order valence-corrected chi connectivity index (χ1v) is 9.79. The lowest BCUT2D eigenvalue weighted by atomic mass is 9.84. The highest BCUT2D eigenvalue weighted by molar-refractivity contribution is 5.92. The lowest BCUT2D eigenvalue weighted by Crippen LogP contribution is -2.21. The molecule has 1 aliphatic heterocycles. The average Bonchev–Trinajstić information content (AvgIpc) is 3.17. The quantitative estimate of drug-likeness (QED) is 0.546. The molecule has 4 N–H and O–H groups in total. The van der Waals surface area contributed by atoms with Gasteiger partial charge in [0.2, 0.25) is 11.8 Å². The number of carbonyl (C=O) groups excluding carboxylic acids is 1. The van der Waals surface area contributed by atoms with Crippen LogP contribution in [-0.4, -0.2) is 29.8 Å². The number of carbonyl (C=O) groups is 1. The molecule has 9 heteroatoms. The smallest absolute Gasteiger partial charge is 0.262 e. The summed E-state index contributed by atoms with van der Waals surface area (Å²) in [5.41, 5.74) is 9.25. The molecule has 3 aromatic rings. The summed E-state index contributed by atoms with van der Waals surface area (Å²) in [4.78, 5) is 12.2. The molecule has 162 valence electrons. The van der Waals surface area contributed by atoms with Gasteiger partial charge in [0.05, 0.1) is 13.0 Å². The van der Waals surface area contributed by atoms with Gasteiger partial charge in [0.25, 0.3) is 5.91 Å². The molecule has 1 atom stereocenters. The highest BCUT2D eigenvalue weighted by atomic mass is 16.5. The van der Waals surface area contributed by atoms with E-state index in [1.165, 1.54) is 0 Å². The second kappa shape index (κ2) is 8.73. The van der Waals surface area contributed by atoms with Gasteiger partial charge < -0.3 is 25.3 Å². The Hall–Kier alpha value is -4.45. The molecular weight excluding hydrogens is 410 g/mol. The SMILES string of the molecule is COc1cccc(NC(=O)COc2ccc([C@@H]3C(C#N)=C(N)Oc4n[nH]c(C)c43)cc2)c1. The van der Waals surface area contributed by atoms with Crippen LogP contribution < -0.4 is 25.3 Å². The van der Waals surface area contributed by atoms with Gasteiger partial charge in [-0.05, 0) is 36.8 Å². The Morgan fingerprint density at radius 1 is 1.28 bits per heavy atom. The minimum atomic E-state index is -0.409. The maximum atomic E-state index is 12.2. The lowest BCUT2D eigenvalue weighted by Gasteiger charge is -2.23. The summed E-state index contributed by atoms with van der Waals surface area (Å²) in [6.45, 7) is 1.70. The predicted octanol–water partition coefficient (Wildman–Crippen LogP) is 2.96. The molecule has 0 saturated carbocycles. The number of allylic oxidation sites excluding steroid dienone is 1. The topological polar surface area (TPSA) is 135 Å². The number of H-pyrrole nitrogens is 1. The van der Waals surface area contributed by atoms with Gasteiger partial charge in [-0.1, -0.05) is 18.2 Å². The number of nitrogens with one attached hydrogen (secondary N) is 2. The predicted molar refractivity (Wildman–Crippen MR) is 116 cm³/mol. The third-order valence-electron chi connectivity index (χ3n) is 5.07. The molecule has 0 fully saturated rings. The fourth-order valence-electron chi connectivity index (χ4n) is 3.54. The fraction of sp³-hybridized carbons (Fsp3) is 0.174. The van der Waals surface area contributed by atoms with E-state index in [-0.39, 0.29) is 18.4 Å². The van der Waals surface area contributed by atoms with Crippen molar-refractivity contribution >= 4 is 11.6 Å². The minimum absolute atomic E-state index is 0.0334. The zero-order valence-corrected chi connectivity index (χ0v) is 17.5. The van der Waals surface area contributed by atoms with E-state index in [0.717, 1.165) is 16.8 Å². The van der Waals surface area contributed by atoms with Crippen molar-refractivity contribution in [3.8, 4) is 23.4 Å². The Morgan fingerprint density at radius 2 is 2.06 bits per heavy atom. The zero-order valence-electron chi connectivity index (χ0n) is 17.5. The van der Waals surface area contributed by atoms with Crippen molar-refractivity contribution in [1.29, 1.82) is 5.26 Å². The summed E-state index contributed by atoms with van der Waals surface area (Å²) in [7, 11) is 1.56. The molecule has 2 heterocycles. The lowest BCUT2D eigenvalue weighted by molar-refractivity contribution is -0.118. The first-order valence-electron chi connectivity index (χ1n) is 9.79. The molecule has 1 amide bonds. The molecule has 2 aromatic carbocycles. The third-order valence-corrected chi connectivity index (χ3v) is 5.07. The number of nitrogens with zero attached hydrogens (tertiary/aromatic N) is 2. The first kappa shape index (κ1) is 20.8. The standard InChI is InChI=1S/C23H21N5O4/c1-13-20-21(18(11-24)22(25)32-23(20)28-27-13)14-6-8-16(9-7-14)31-12-19(29)26-15-4-3-5-17(10-15)30-2/h3-10,21H,12,25H2,1-2H3,(H,26,29)(H,27,28)/t21-/m1/s1. The Kier molecular flexibility index (Phi) is 5.68. The normalized spacial score (nSPS) is 14.7. The van der Waals surface area contributed by atoms with Crippen LogP contribution in [0.1, 0.15) is 22.7 Å². The number of hydrogen-bond donors (Lipinski definition) is 3. The molecule has 0 bridgehead atoms. The fourth-order valence-corrected chi connectivity index (χ4v) is 3.54. The Morgan fingerprint density at radius 3 is 2.78 bits per heavy atom. The van der Waals surface area contributed by atoms with Crippen molar-refractivity contribution in [3.63, 3.8) is 0 Å². The maximum absolute atomic E-state index is 12.2. The largest absolute Gasteiger partial charge is 0.497 e. The Labute approximate surface area is 184 Å². The molecule has 0 saturated heterocycles. The zero-order chi connectivity index (χ0) is 22.7. The van der Waals surface area contributed by atoms with Gasteiger partial charge in [0, 0.05) is 23.0 Å². The molecule has 0 spiro atoms. The van der Waals surface area contributed by atoms with Gasteiger partial charge in [-0.15, -0.1) is 5.10 Å². The van der Waals surface area contributed by atoms with E-state index in [9.17, 15) is 10.1 Å². The first-order chi connectivity index (χ1) is 15.5. The summed E-state index contributed by atoms with van der Waals surface area (Å²) in [5.74, 6) is 0.849. The van der Waals surface area contributed by atoms with E-state index in [1.54, 1.807) is 43.5 Å². The number of ether oxygens (including phenoxy) is 3. The third kappa shape index (κ3) is 4.06. The van der Waals surface area contributed by atoms with Crippen LogP contribution in [0, 0.1) is 18.3 Å². The number of aromatic nitrogens is 2. The second-order valence-electron chi connectivity index (χ2n) is 7.13. The highest BCUT2D eigenvalue weighted by Crippen LogP contribution is 2.42. The number of aromatic amines is 1. The summed E-state index contributed by atoms with van der Waals surface area (Å²) < 4.78 is 16.2. The van der Waals surface area contributed by atoms with Gasteiger partial charge in [-0.3, -0.25) is 9.89 Å². The second-order valence-corrected chi connectivity index (χ2v) is 7.13. The maximum Gasteiger partial charge on any atom is 0.262 e. The number of nitrogens with two attached hydrogens (primary N) is 1. The van der Waals surface area contributed by atoms with Crippen molar-refractivity contribution in [1.82, 2.24) is 10.2 Å². The van der Waals surface area contributed by atoms with E-state index in [4.69, 9.17) is 19.9 Å². The van der Waals surface area contributed by atoms with Crippen LogP contribution in [-0.2, 0) is 4.79 Å². The molecule has 0 unspecified atom stereocenters. The van der Waals surface area contributed by atoms with Gasteiger partial charge >= 0.3 is 0 Å². The van der Waals surface area contributed by atoms with Crippen molar-refractivity contribution in [2.45, 2.75) is 12.8 Å². The Bertz CT molecular complexity index is 1220. The molecular formula is C23H21N5O4. The molecule has 0 radical (unpaired) electrons. The van der Waals surface area contributed by atoms with E-state index in [0.29, 0.717) is 28.6 Å². The summed E-state index contributed by atoms with van der Waals surface area (Å²) in [6, 6.07) is 16.3. The summed E-state index contributed by atoms with van der Waals surface area (Å²) in [5, 5.41) is 19.4. The number of amides is 1. The van der Waals surface area contributed by atoms with Crippen LogP contribution in [0.15, 0.2) is 60.0 Å². The van der Waals surface area contributed by atoms with Crippen LogP contribution in [0.5, 0.6) is 17.4 Å². The molecule has 32 heavy (non-hydrogen) atoms. The molecule has 1 aliphatic rings. The number of methoxy groups -OCH3 is 1. The monoisotopic (exact) mass is 431 g/mol. The van der Waals surface area contributed by atoms with Crippen LogP contribution in [0.3, 0.4) is 0 Å². The molecule has 1 aromatic heterocycles. The number of benzene rings is 2. The number of rotatable bonds is 6. The number of aryl methyl sites for hydroxylation is 1. The molecule has 0 aliphatic carbocycles. The van der Waals surface area contributed by atoms with Crippen molar-refractivity contribution in [2.75, 3.05) is 19.0 Å². The summed E-state index contributed by atoms with van der Waals surface area (Å²) >= 11 is 0. The summed E-state index contributed by atoms with van der Waals surface area (Å²) in [6.07, 6.45) is 0. The number of fused-ring (bicyclic) bond motifs is 1. The van der Waals surface area contributed by atoms with Crippen LogP contribution >= 0.6 is 0 Å². The number of anilines is 1. The van der Waals surface area contributed by atoms with E-state index in [2.05, 4.69) is 21.6 Å². The number of nitriles is 1. The Balaban J connectivity index is 1.46. The van der Waals surface area contributed by atoms with Gasteiger partial charge in [-0.25, -0.2) is 0 Å². The number of hydrogen-bond acceptors (Lipinski definition) is 7. The van der Waals surface area contributed by atoms with Crippen LogP contribution in [0.2, 0.25) is 0 Å². The van der Waals surface area contributed by atoms with Crippen molar-refractivity contribution in [3.05, 3.63) is 76.8 Å². The van der Waals surface area contributed by atoms with E-state index < -0.39 is 5.92 Å². The molecule has 4 rings (SSSR count). The van der Waals surface area contributed by atoms with Gasteiger partial charge in [0.15, 0.2) is 6.61 Å². The van der Waals surface area contributed by atoms with Crippen molar-refractivity contribution in [2.24, 2.45) is 5.73 Å². The minimum Gasteiger partial charge on any atom is -0.497 e. The van der Waals surface area contributed by atoms with Gasteiger partial charge in [0.1, 0.15) is 23.1 Å². The van der Waals surface area contributed by atoms with Crippen LogP contribution in [0.25, 0.3) is 0 Å². The van der Waals surface area contributed by atoms with Gasteiger partial charge in [-0.2, -0.15) is 5.26 Å². The van der Waals surface area contributed by atoms with E-state index >= 15 is 0 Å². The van der Waals surface area contributed by atoms with E-state index in [1.807, 2.05) is 19.1 Å². The average molecular weight is 431 g/mol. The molecule has 9 nitrogen and oxygen atoms in total. The highest BCUT2D eigenvalue weighted by Gasteiger charge is 2.34. The van der Waals surface area contributed by atoms with Crippen LogP contribution in [0.4, 0.5) is 5.69 Å².